The van der Waals surface area contributed by atoms with E-state index in [0.717, 1.165) is 77.0 Å². The van der Waals surface area contributed by atoms with Crippen LogP contribution >= 0.6 is 0 Å². The minimum atomic E-state index is -0.586. The Morgan fingerprint density at radius 1 is 0.783 bits per heavy atom. The van der Waals surface area contributed by atoms with Crippen molar-refractivity contribution in [2.75, 3.05) is 0 Å². The lowest BCUT2D eigenvalue weighted by Crippen LogP contribution is -2.47. The zero-order chi connectivity index (χ0) is 17.8. The maximum atomic E-state index is 12.6. The monoisotopic (exact) mass is 328 g/mol. The van der Waals surface area contributed by atoms with E-state index in [2.05, 4.69) is 32.6 Å². The van der Waals surface area contributed by atoms with E-state index in [-0.39, 0.29) is 5.41 Å². The van der Waals surface area contributed by atoms with Crippen LogP contribution < -0.4 is 0 Å². The Labute approximate surface area is 144 Å². The predicted octanol–water partition coefficient (Wildman–Crippen LogP) is 6.76. The molecule has 0 spiro atoms. The van der Waals surface area contributed by atoms with E-state index >= 15 is 0 Å². The number of carbonyl (C=O) groups excluding carboxylic acids is 1. The summed E-state index contributed by atoms with van der Waals surface area (Å²) in [4.78, 5) is 16.9. The summed E-state index contributed by atoms with van der Waals surface area (Å²) in [6.45, 7) is 10.8. The first kappa shape index (κ1) is 22.4. The Kier molecular flexibility index (Phi) is 11.6. The van der Waals surface area contributed by atoms with Crippen molar-refractivity contribution in [2.24, 2.45) is 10.8 Å². The molecule has 0 amide bonds. The molecule has 1 atom stereocenters. The first-order valence-electron chi connectivity index (χ1n) is 9.83. The van der Waals surface area contributed by atoms with E-state index in [1.165, 1.54) is 0 Å². The maximum absolute atomic E-state index is 12.6. The third-order valence-corrected chi connectivity index (χ3v) is 5.76. The predicted molar refractivity (Wildman–Crippen MR) is 97.4 cm³/mol. The molecule has 0 aromatic carbocycles. The van der Waals surface area contributed by atoms with Gasteiger partial charge in [-0.3, -0.25) is 0 Å². The van der Waals surface area contributed by atoms with Crippen molar-refractivity contribution in [1.82, 2.24) is 0 Å². The van der Waals surface area contributed by atoms with E-state index in [0.29, 0.717) is 0 Å². The van der Waals surface area contributed by atoms with Crippen LogP contribution in [0.2, 0.25) is 0 Å². The van der Waals surface area contributed by atoms with Crippen LogP contribution in [0, 0.1) is 10.8 Å². The molecule has 23 heavy (non-hydrogen) atoms. The quantitative estimate of drug-likeness (QED) is 0.283. The van der Waals surface area contributed by atoms with Crippen LogP contribution in [0.5, 0.6) is 0 Å². The highest BCUT2D eigenvalue weighted by Gasteiger charge is 2.52. The van der Waals surface area contributed by atoms with Crippen LogP contribution in [-0.2, 0) is 9.68 Å². The molecule has 0 heterocycles. The second kappa shape index (κ2) is 11.9. The van der Waals surface area contributed by atoms with Gasteiger partial charge in [-0.15, -0.1) is 0 Å². The molecule has 0 aliphatic carbocycles. The van der Waals surface area contributed by atoms with Crippen LogP contribution in [0.25, 0.3) is 0 Å². The second-order valence-corrected chi connectivity index (χ2v) is 7.41. The fourth-order valence-electron chi connectivity index (χ4n) is 3.96. The number of rotatable bonds is 14. The minimum Gasteiger partial charge on any atom is -0.300 e. The molecule has 1 N–H and O–H groups in total. The molecule has 0 aromatic heterocycles. The van der Waals surface area contributed by atoms with E-state index in [9.17, 15) is 4.79 Å². The van der Waals surface area contributed by atoms with E-state index in [4.69, 9.17) is 5.26 Å². The van der Waals surface area contributed by atoms with Crippen LogP contribution in [0.3, 0.4) is 0 Å². The fourth-order valence-corrected chi connectivity index (χ4v) is 3.96. The van der Waals surface area contributed by atoms with Gasteiger partial charge in [-0.05, 0) is 38.0 Å². The zero-order valence-electron chi connectivity index (χ0n) is 16.2. The number of carbonyl (C=O) groups is 1. The van der Waals surface area contributed by atoms with Gasteiger partial charge in [0.05, 0.1) is 5.41 Å². The molecule has 0 aliphatic heterocycles. The molecule has 0 aliphatic rings. The van der Waals surface area contributed by atoms with E-state index in [1.807, 2.05) is 6.92 Å². The molecule has 0 rings (SSSR count). The van der Waals surface area contributed by atoms with E-state index in [1.54, 1.807) is 0 Å². The molecular weight excluding hydrogens is 288 g/mol. The summed E-state index contributed by atoms with van der Waals surface area (Å²) in [5.41, 5.74) is -0.638. The largest absolute Gasteiger partial charge is 0.348 e. The SMILES string of the molecule is CCCCC(CCCC)(CCCC)C(C)(CCCC)C(=O)OO. The highest BCUT2D eigenvalue weighted by Crippen LogP contribution is 2.54. The lowest BCUT2D eigenvalue weighted by atomic mass is 9.55. The van der Waals surface area contributed by atoms with Crippen molar-refractivity contribution in [2.45, 2.75) is 112 Å². The van der Waals surface area contributed by atoms with Crippen LogP contribution in [0.1, 0.15) is 112 Å². The third-order valence-electron chi connectivity index (χ3n) is 5.76. The van der Waals surface area contributed by atoms with Crippen molar-refractivity contribution >= 4 is 5.97 Å². The molecule has 0 saturated heterocycles. The van der Waals surface area contributed by atoms with Gasteiger partial charge in [0.15, 0.2) is 0 Å². The Hall–Kier alpha value is -0.570. The molecule has 3 heteroatoms. The molecule has 138 valence electrons. The first-order chi connectivity index (χ1) is 11.0. The summed E-state index contributed by atoms with van der Waals surface area (Å²) in [6.07, 6.45) is 12.8. The second-order valence-electron chi connectivity index (χ2n) is 7.41. The summed E-state index contributed by atoms with van der Waals surface area (Å²) in [6, 6.07) is 0. The van der Waals surface area contributed by atoms with Gasteiger partial charge in [0.25, 0.3) is 0 Å². The molecular formula is C20H40O3. The van der Waals surface area contributed by atoms with Crippen molar-refractivity contribution in [3.63, 3.8) is 0 Å². The Bertz CT molecular complexity index is 292. The smallest absolute Gasteiger partial charge is 0.300 e. The average Bonchev–Trinajstić information content (AvgIpc) is 2.58. The molecule has 3 nitrogen and oxygen atoms in total. The molecule has 0 fully saturated rings. The third kappa shape index (κ3) is 6.10. The normalized spacial score (nSPS) is 14.5. The Morgan fingerprint density at radius 2 is 1.13 bits per heavy atom. The van der Waals surface area contributed by atoms with Gasteiger partial charge in [-0.1, -0.05) is 79.1 Å². The topological polar surface area (TPSA) is 46.5 Å². The molecule has 0 saturated carbocycles. The summed E-state index contributed by atoms with van der Waals surface area (Å²) in [7, 11) is 0. The Balaban J connectivity index is 5.74. The fraction of sp³-hybridized carbons (Fsp3) is 0.950. The first-order valence-corrected chi connectivity index (χ1v) is 9.83. The summed E-state index contributed by atoms with van der Waals surface area (Å²) in [5, 5.41) is 9.16. The van der Waals surface area contributed by atoms with Gasteiger partial charge in [-0.2, -0.15) is 5.26 Å². The van der Waals surface area contributed by atoms with E-state index < -0.39 is 11.4 Å². The van der Waals surface area contributed by atoms with Crippen molar-refractivity contribution in [1.29, 1.82) is 0 Å². The van der Waals surface area contributed by atoms with Crippen LogP contribution in [0.15, 0.2) is 0 Å². The van der Waals surface area contributed by atoms with Crippen molar-refractivity contribution in [3.8, 4) is 0 Å². The number of hydrogen-bond acceptors (Lipinski definition) is 3. The summed E-state index contributed by atoms with van der Waals surface area (Å²) in [5.74, 6) is -0.422. The lowest BCUT2D eigenvalue weighted by molar-refractivity contribution is -0.253. The Morgan fingerprint density at radius 3 is 1.43 bits per heavy atom. The van der Waals surface area contributed by atoms with Gasteiger partial charge < -0.3 is 4.89 Å². The highest BCUT2D eigenvalue weighted by molar-refractivity contribution is 5.77. The maximum Gasteiger partial charge on any atom is 0.348 e. The van der Waals surface area contributed by atoms with Gasteiger partial charge >= 0.3 is 5.97 Å². The van der Waals surface area contributed by atoms with Crippen LogP contribution in [0.4, 0.5) is 0 Å². The number of hydrogen-bond donors (Lipinski definition) is 1. The molecule has 0 radical (unpaired) electrons. The average molecular weight is 329 g/mol. The molecule has 0 bridgehead atoms. The van der Waals surface area contributed by atoms with Crippen LogP contribution in [-0.4, -0.2) is 11.2 Å². The standard InChI is InChI=1S/C20H40O3/c1-6-10-14-19(5,18(21)23-22)20(15-11-7-2,16-12-8-3)17-13-9-4/h22H,6-17H2,1-5H3. The van der Waals surface area contributed by atoms with Gasteiger partial charge in [0.2, 0.25) is 0 Å². The summed E-state index contributed by atoms with van der Waals surface area (Å²) < 4.78 is 0. The minimum absolute atomic E-state index is 0.0516. The van der Waals surface area contributed by atoms with Gasteiger partial charge in [0.1, 0.15) is 0 Å². The zero-order valence-corrected chi connectivity index (χ0v) is 16.2. The molecule has 0 aromatic rings. The highest BCUT2D eigenvalue weighted by atomic mass is 17.1. The van der Waals surface area contributed by atoms with Crippen molar-refractivity contribution in [3.05, 3.63) is 0 Å². The van der Waals surface area contributed by atoms with Gasteiger partial charge in [-0.25, -0.2) is 4.79 Å². The van der Waals surface area contributed by atoms with Crippen molar-refractivity contribution < 1.29 is 14.9 Å². The number of unbranched alkanes of at least 4 members (excludes halogenated alkanes) is 4. The molecule has 1 unspecified atom stereocenters. The summed E-state index contributed by atoms with van der Waals surface area (Å²) >= 11 is 0. The van der Waals surface area contributed by atoms with Gasteiger partial charge in [0, 0.05) is 0 Å². The lowest BCUT2D eigenvalue weighted by Gasteiger charge is -2.47.